The lowest BCUT2D eigenvalue weighted by Gasteiger charge is -2.31. The summed E-state index contributed by atoms with van der Waals surface area (Å²) in [7, 11) is 0. The Kier molecular flexibility index (Phi) is 9.68. The minimum Gasteiger partial charge on any atom is -0.456 e. The first kappa shape index (κ1) is 44.3. The van der Waals surface area contributed by atoms with E-state index in [4.69, 9.17) is 4.42 Å². The van der Waals surface area contributed by atoms with Crippen LogP contribution < -0.4 is 9.80 Å². The van der Waals surface area contributed by atoms with Crippen molar-refractivity contribution in [2.75, 3.05) is 9.80 Å². The first-order valence-electron chi connectivity index (χ1n) is 27.1. The summed E-state index contributed by atoms with van der Waals surface area (Å²) in [5.74, 6) is 0. The van der Waals surface area contributed by atoms with Crippen LogP contribution in [0.5, 0.6) is 0 Å². The first-order chi connectivity index (χ1) is 38.5. The fourth-order valence-electron chi connectivity index (χ4n) is 13.4. The van der Waals surface area contributed by atoms with Gasteiger partial charge in [-0.05, 0) is 166 Å². The molecule has 3 heteroatoms. The lowest BCUT2D eigenvalue weighted by atomic mass is 9.82. The Bertz CT molecular complexity index is 4910. The summed E-state index contributed by atoms with van der Waals surface area (Å²) in [5.41, 5.74) is 18.2. The maximum absolute atomic E-state index is 6.75. The van der Waals surface area contributed by atoms with Crippen LogP contribution in [0.25, 0.3) is 109 Å². The van der Waals surface area contributed by atoms with Crippen molar-refractivity contribution < 1.29 is 4.42 Å². The summed E-state index contributed by atoms with van der Waals surface area (Å²) in [6.07, 6.45) is 0. The molecule has 0 N–H and O–H groups in total. The van der Waals surface area contributed by atoms with Gasteiger partial charge in [0.15, 0.2) is 0 Å². The molecule has 14 aromatic rings. The number of furan rings is 1. The highest BCUT2D eigenvalue weighted by atomic mass is 16.3. The average Bonchev–Trinajstić information content (AvgIpc) is 4.15. The molecule has 0 spiro atoms. The SMILES string of the molecule is CC1(C)c2ccccc2-c2ccc(N(c3ccc4c(c3)-c3ccccc3-c3ccccc3N4c3ccccc3)c3ccc4c5ccccc5c5ccccc5c5ccccc5c5cc6oc7ccccc7c6cc5c4c3)cc21. The third-order valence-electron chi connectivity index (χ3n) is 17.0. The number of para-hydroxylation sites is 3. The summed E-state index contributed by atoms with van der Waals surface area (Å²) in [5, 5.41) is 13.9. The molecule has 13 aromatic carbocycles. The van der Waals surface area contributed by atoms with E-state index in [0.29, 0.717) is 0 Å². The number of rotatable bonds is 4. The van der Waals surface area contributed by atoms with Gasteiger partial charge in [-0.15, -0.1) is 0 Å². The molecule has 2 heterocycles. The molecule has 78 heavy (non-hydrogen) atoms. The van der Waals surface area contributed by atoms with E-state index in [1.807, 2.05) is 0 Å². The number of fused-ring (bicyclic) bond motifs is 21. The van der Waals surface area contributed by atoms with E-state index in [0.717, 1.165) is 88.6 Å². The Morgan fingerprint density at radius 1 is 0.282 bits per heavy atom. The summed E-state index contributed by atoms with van der Waals surface area (Å²) < 4.78 is 6.75. The summed E-state index contributed by atoms with van der Waals surface area (Å²) in [6, 6.07) is 98.9. The van der Waals surface area contributed by atoms with Gasteiger partial charge in [-0.2, -0.15) is 0 Å². The van der Waals surface area contributed by atoms with Crippen molar-refractivity contribution in [1.29, 1.82) is 0 Å². The van der Waals surface area contributed by atoms with Gasteiger partial charge in [-0.25, -0.2) is 0 Å². The van der Waals surface area contributed by atoms with Gasteiger partial charge >= 0.3 is 0 Å². The summed E-state index contributed by atoms with van der Waals surface area (Å²) in [4.78, 5) is 4.95. The van der Waals surface area contributed by atoms with E-state index in [9.17, 15) is 0 Å². The van der Waals surface area contributed by atoms with Crippen LogP contribution in [0.15, 0.2) is 271 Å². The molecule has 0 unspecified atom stereocenters. The maximum Gasteiger partial charge on any atom is 0.136 e. The molecule has 0 fully saturated rings. The van der Waals surface area contributed by atoms with Crippen molar-refractivity contribution in [3.63, 3.8) is 0 Å². The molecule has 16 rings (SSSR count). The van der Waals surface area contributed by atoms with Crippen LogP contribution in [0.1, 0.15) is 25.0 Å². The van der Waals surface area contributed by atoms with Crippen LogP contribution in [-0.2, 0) is 5.41 Å². The van der Waals surface area contributed by atoms with E-state index < -0.39 is 0 Å². The number of hydrogen-bond acceptors (Lipinski definition) is 3. The van der Waals surface area contributed by atoms with Gasteiger partial charge in [-0.3, -0.25) is 0 Å². The Balaban J connectivity index is 1.05. The van der Waals surface area contributed by atoms with Crippen LogP contribution in [0.3, 0.4) is 0 Å². The lowest BCUT2D eigenvalue weighted by Crippen LogP contribution is -2.17. The van der Waals surface area contributed by atoms with Gasteiger partial charge in [0.25, 0.3) is 0 Å². The van der Waals surface area contributed by atoms with E-state index in [2.05, 4.69) is 291 Å². The largest absolute Gasteiger partial charge is 0.456 e. The first-order valence-corrected chi connectivity index (χ1v) is 27.1. The normalized spacial score (nSPS) is 13.1. The predicted octanol–water partition coefficient (Wildman–Crippen LogP) is 21.4. The standard InChI is InChI=1S/C75H50N2O/c1-75(2)69-33-17-14-30-60(69)61-40-37-50(44-70(61)75)76(49-38-41-72-67(43-49)58-29-13-11-27-56(58)62-31-15-18-34-71(62)77(72)47-20-4-3-5-21-47)48-36-39-59-55-26-9-8-24-53(55)51-22-6-7-23-52(51)54-25-10-12-28-57(54)66-46-74-68(45-65(66)64(59)42-48)63-32-16-19-35-73(63)78-74/h3-46H,1-2H3. The van der Waals surface area contributed by atoms with Crippen LogP contribution in [-0.4, -0.2) is 0 Å². The van der Waals surface area contributed by atoms with Gasteiger partial charge in [-0.1, -0.05) is 202 Å². The van der Waals surface area contributed by atoms with Crippen molar-refractivity contribution in [3.8, 4) is 33.4 Å². The third kappa shape index (κ3) is 6.58. The molecule has 366 valence electrons. The molecule has 0 radical (unpaired) electrons. The Labute approximate surface area is 452 Å². The molecule has 0 bridgehead atoms. The van der Waals surface area contributed by atoms with Crippen molar-refractivity contribution in [2.45, 2.75) is 19.3 Å². The third-order valence-corrected chi connectivity index (χ3v) is 17.0. The average molecular weight is 995 g/mol. The predicted molar refractivity (Wildman–Crippen MR) is 330 cm³/mol. The molecule has 3 nitrogen and oxygen atoms in total. The van der Waals surface area contributed by atoms with Crippen LogP contribution in [0.2, 0.25) is 0 Å². The molecule has 0 saturated heterocycles. The topological polar surface area (TPSA) is 19.6 Å². The van der Waals surface area contributed by atoms with Crippen LogP contribution >= 0.6 is 0 Å². The van der Waals surface area contributed by atoms with Crippen molar-refractivity contribution in [3.05, 3.63) is 278 Å². The molecule has 0 amide bonds. The summed E-state index contributed by atoms with van der Waals surface area (Å²) >= 11 is 0. The highest BCUT2D eigenvalue weighted by Crippen LogP contribution is 2.55. The minimum atomic E-state index is -0.212. The van der Waals surface area contributed by atoms with Gasteiger partial charge in [0.1, 0.15) is 11.2 Å². The monoisotopic (exact) mass is 994 g/mol. The van der Waals surface area contributed by atoms with Gasteiger partial charge in [0, 0.05) is 50.1 Å². The van der Waals surface area contributed by atoms with E-state index in [1.54, 1.807) is 0 Å². The molecule has 2 aliphatic rings. The van der Waals surface area contributed by atoms with Gasteiger partial charge in [0.2, 0.25) is 0 Å². The molecule has 1 aromatic heterocycles. The molecular weight excluding hydrogens is 945 g/mol. The molecule has 1 aliphatic heterocycles. The quantitative estimate of drug-likeness (QED) is 0.175. The fraction of sp³-hybridized carbons (Fsp3) is 0.0400. The zero-order valence-corrected chi connectivity index (χ0v) is 43.2. The number of hydrogen-bond donors (Lipinski definition) is 0. The smallest absolute Gasteiger partial charge is 0.136 e. The van der Waals surface area contributed by atoms with Crippen molar-refractivity contribution in [2.24, 2.45) is 0 Å². The second-order valence-electron chi connectivity index (χ2n) is 21.5. The number of benzene rings is 12. The second-order valence-corrected chi connectivity index (χ2v) is 21.5. The maximum atomic E-state index is 6.75. The van der Waals surface area contributed by atoms with E-state index in [1.165, 1.54) is 65.9 Å². The zero-order valence-electron chi connectivity index (χ0n) is 43.2. The lowest BCUT2D eigenvalue weighted by molar-refractivity contribution is 0.660. The Hall–Kier alpha value is -9.96. The van der Waals surface area contributed by atoms with E-state index >= 15 is 0 Å². The fourth-order valence-corrected chi connectivity index (χ4v) is 13.4. The van der Waals surface area contributed by atoms with E-state index in [-0.39, 0.29) is 5.41 Å². The van der Waals surface area contributed by atoms with Gasteiger partial charge in [0.05, 0.1) is 11.4 Å². The van der Waals surface area contributed by atoms with Crippen molar-refractivity contribution >= 4 is 110 Å². The summed E-state index contributed by atoms with van der Waals surface area (Å²) in [6.45, 7) is 4.76. The Morgan fingerprint density at radius 2 is 0.744 bits per heavy atom. The van der Waals surface area contributed by atoms with Gasteiger partial charge < -0.3 is 14.2 Å². The molecule has 0 saturated carbocycles. The number of nitrogens with zero attached hydrogens (tertiary/aromatic N) is 2. The molecule has 1 aliphatic carbocycles. The van der Waals surface area contributed by atoms with Crippen LogP contribution in [0, 0.1) is 0 Å². The van der Waals surface area contributed by atoms with Crippen molar-refractivity contribution in [1.82, 2.24) is 0 Å². The zero-order chi connectivity index (χ0) is 51.6. The molecular formula is C75H50N2O. The minimum absolute atomic E-state index is 0.212. The highest BCUT2D eigenvalue weighted by Gasteiger charge is 2.36. The second kappa shape index (κ2) is 17.0. The van der Waals surface area contributed by atoms with Crippen LogP contribution in [0.4, 0.5) is 34.1 Å². The molecule has 0 atom stereocenters. The highest BCUT2D eigenvalue weighted by molar-refractivity contribution is 6.28. The Morgan fingerprint density at radius 3 is 1.45 bits per heavy atom. The number of anilines is 6.